The summed E-state index contributed by atoms with van der Waals surface area (Å²) in [6.45, 7) is 2.41. The molecule has 8 heteroatoms. The van der Waals surface area contributed by atoms with E-state index in [-0.39, 0.29) is 17.9 Å². The van der Waals surface area contributed by atoms with Gasteiger partial charge in [-0.1, -0.05) is 0 Å². The van der Waals surface area contributed by atoms with E-state index in [4.69, 9.17) is 10.6 Å². The molecule has 2 unspecified atom stereocenters. The Hall–Kier alpha value is -1.09. The highest BCUT2D eigenvalue weighted by Gasteiger charge is 2.16. The Labute approximate surface area is 117 Å². The quantitative estimate of drug-likeness (QED) is 0.403. The number of ether oxygens (including phenoxy) is 1. The topological polar surface area (TPSA) is 105 Å². The van der Waals surface area contributed by atoms with Gasteiger partial charge in [-0.25, -0.2) is 15.8 Å². The van der Waals surface area contributed by atoms with Crippen molar-refractivity contribution in [1.82, 2.24) is 9.97 Å². The van der Waals surface area contributed by atoms with Crippen molar-refractivity contribution in [2.24, 2.45) is 5.84 Å². The van der Waals surface area contributed by atoms with Gasteiger partial charge in [0.25, 0.3) is 0 Å². The second-order valence-corrected chi connectivity index (χ2v) is 5.10. The molecule has 0 saturated heterocycles. The summed E-state index contributed by atoms with van der Waals surface area (Å²) in [5.41, 5.74) is 2.50. The van der Waals surface area contributed by atoms with E-state index in [2.05, 4.69) is 20.7 Å². The number of aliphatic hydroxyl groups is 1. The van der Waals surface area contributed by atoms with Crippen LogP contribution in [0.15, 0.2) is 6.07 Å². The number of aliphatic hydroxyl groups excluding tert-OH is 1. The summed E-state index contributed by atoms with van der Waals surface area (Å²) in [7, 11) is 1.58. The number of aromatic nitrogens is 2. The van der Waals surface area contributed by atoms with E-state index in [0.29, 0.717) is 24.1 Å². The van der Waals surface area contributed by atoms with Crippen molar-refractivity contribution in [3.63, 3.8) is 0 Å². The van der Waals surface area contributed by atoms with Gasteiger partial charge in [0.1, 0.15) is 18.2 Å². The molecule has 0 bridgehead atoms. The van der Waals surface area contributed by atoms with E-state index in [1.165, 1.54) is 0 Å². The lowest BCUT2D eigenvalue weighted by Gasteiger charge is -2.22. The largest absolute Gasteiger partial charge is 0.395 e. The molecule has 0 aliphatic heterocycles. The maximum Gasteiger partial charge on any atom is 0.158 e. The van der Waals surface area contributed by atoms with Crippen molar-refractivity contribution in [1.29, 1.82) is 0 Å². The maximum absolute atomic E-state index is 9.27. The normalized spacial score (nSPS) is 13.9. The van der Waals surface area contributed by atoms with Crippen LogP contribution in [0.3, 0.4) is 0 Å². The molecule has 1 aromatic rings. The van der Waals surface area contributed by atoms with Gasteiger partial charge in [0.2, 0.25) is 0 Å². The minimum Gasteiger partial charge on any atom is -0.395 e. The second kappa shape index (κ2) is 8.16. The number of hydrogen-bond donors (Lipinski definition) is 4. The maximum atomic E-state index is 9.27. The number of nitrogen functional groups attached to an aromatic ring is 1. The van der Waals surface area contributed by atoms with Crippen molar-refractivity contribution in [3.8, 4) is 0 Å². The Morgan fingerprint density at radius 3 is 2.68 bits per heavy atom. The van der Waals surface area contributed by atoms with Crippen molar-refractivity contribution in [2.75, 3.05) is 30.7 Å². The molecule has 1 aromatic heterocycles. The fourth-order valence-electron chi connectivity index (χ4n) is 1.60. The Bertz CT molecular complexity index is 389. The van der Waals surface area contributed by atoms with E-state index in [1.54, 1.807) is 24.9 Å². The molecule has 0 fully saturated rings. The molecule has 1 heterocycles. The van der Waals surface area contributed by atoms with Crippen LogP contribution >= 0.6 is 11.8 Å². The highest BCUT2D eigenvalue weighted by Crippen LogP contribution is 2.17. The minimum atomic E-state index is 0.0657. The summed E-state index contributed by atoms with van der Waals surface area (Å²) in [6.07, 6.45) is 1.96. The SMILES string of the molecule is COCc1nc(NN)cc(NC(C)C(CO)SC)n1. The van der Waals surface area contributed by atoms with Gasteiger partial charge >= 0.3 is 0 Å². The van der Waals surface area contributed by atoms with E-state index in [1.807, 2.05) is 13.2 Å². The summed E-state index contributed by atoms with van der Waals surface area (Å²) in [5.74, 6) is 7.08. The molecular formula is C11H21N5O2S. The standard InChI is InChI=1S/C11H21N5O2S/c1-7(8(5-17)19-3)13-9-4-10(16-12)15-11(14-9)6-18-2/h4,7-8,17H,5-6,12H2,1-3H3,(H2,13,14,15,16). The van der Waals surface area contributed by atoms with E-state index >= 15 is 0 Å². The molecule has 0 spiro atoms. The highest BCUT2D eigenvalue weighted by atomic mass is 32.2. The Balaban J connectivity index is 2.84. The lowest BCUT2D eigenvalue weighted by atomic mass is 10.2. The van der Waals surface area contributed by atoms with E-state index in [0.717, 1.165) is 0 Å². The number of nitrogens with zero attached hydrogens (tertiary/aromatic N) is 2. The number of rotatable bonds is 8. The number of thioether (sulfide) groups is 1. The van der Waals surface area contributed by atoms with Crippen LogP contribution in [0.25, 0.3) is 0 Å². The zero-order chi connectivity index (χ0) is 14.3. The smallest absolute Gasteiger partial charge is 0.158 e. The van der Waals surface area contributed by atoms with Crippen molar-refractivity contribution >= 4 is 23.4 Å². The van der Waals surface area contributed by atoms with Crippen LogP contribution in [0, 0.1) is 0 Å². The first-order valence-electron chi connectivity index (χ1n) is 5.88. The van der Waals surface area contributed by atoms with Crippen LogP contribution in [0.2, 0.25) is 0 Å². The van der Waals surface area contributed by atoms with E-state index in [9.17, 15) is 5.11 Å². The third-order valence-corrected chi connectivity index (χ3v) is 3.77. The number of nitrogens with one attached hydrogen (secondary N) is 2. The van der Waals surface area contributed by atoms with Crippen LogP contribution in [-0.4, -0.2) is 46.3 Å². The molecule has 7 nitrogen and oxygen atoms in total. The Morgan fingerprint density at radius 2 is 2.16 bits per heavy atom. The van der Waals surface area contributed by atoms with Crippen LogP contribution < -0.4 is 16.6 Å². The van der Waals surface area contributed by atoms with Crippen molar-refractivity contribution in [2.45, 2.75) is 24.8 Å². The van der Waals surface area contributed by atoms with Crippen LogP contribution in [0.4, 0.5) is 11.6 Å². The molecule has 19 heavy (non-hydrogen) atoms. The third kappa shape index (κ3) is 4.83. The lowest BCUT2D eigenvalue weighted by molar-refractivity contribution is 0.178. The Kier molecular flexibility index (Phi) is 6.85. The summed E-state index contributed by atoms with van der Waals surface area (Å²) in [6, 6.07) is 1.78. The number of nitrogens with two attached hydrogens (primary N) is 1. The molecule has 0 aliphatic rings. The minimum absolute atomic E-state index is 0.0657. The van der Waals surface area contributed by atoms with Crippen LogP contribution in [0.1, 0.15) is 12.7 Å². The monoisotopic (exact) mass is 287 g/mol. The van der Waals surface area contributed by atoms with Gasteiger partial charge in [-0.2, -0.15) is 11.8 Å². The average molecular weight is 287 g/mol. The predicted octanol–water partition coefficient (Wildman–Crippen LogP) is 0.433. The van der Waals surface area contributed by atoms with Crippen molar-refractivity contribution in [3.05, 3.63) is 11.9 Å². The first kappa shape index (κ1) is 16.0. The summed E-state index contributed by atoms with van der Waals surface area (Å²) in [5, 5.41) is 12.6. The zero-order valence-electron chi connectivity index (χ0n) is 11.4. The fraction of sp³-hybridized carbons (Fsp3) is 0.636. The van der Waals surface area contributed by atoms with Gasteiger partial charge in [0.15, 0.2) is 5.82 Å². The molecule has 0 aromatic carbocycles. The zero-order valence-corrected chi connectivity index (χ0v) is 12.2. The van der Waals surface area contributed by atoms with Gasteiger partial charge in [0, 0.05) is 24.5 Å². The first-order chi connectivity index (χ1) is 9.14. The molecule has 2 atom stereocenters. The summed E-state index contributed by atoms with van der Waals surface area (Å²) in [4.78, 5) is 8.50. The lowest BCUT2D eigenvalue weighted by Crippen LogP contribution is -2.31. The van der Waals surface area contributed by atoms with Gasteiger partial charge < -0.3 is 20.6 Å². The van der Waals surface area contributed by atoms with E-state index < -0.39 is 0 Å². The average Bonchev–Trinajstić information content (AvgIpc) is 2.40. The summed E-state index contributed by atoms with van der Waals surface area (Å²) >= 11 is 1.60. The second-order valence-electron chi connectivity index (χ2n) is 4.02. The van der Waals surface area contributed by atoms with Crippen LogP contribution in [0.5, 0.6) is 0 Å². The molecule has 0 amide bonds. The molecule has 1 rings (SSSR count). The van der Waals surface area contributed by atoms with Crippen LogP contribution in [-0.2, 0) is 11.3 Å². The number of anilines is 2. The van der Waals surface area contributed by atoms with Gasteiger partial charge in [-0.3, -0.25) is 0 Å². The number of hydrazine groups is 1. The van der Waals surface area contributed by atoms with Gasteiger partial charge in [-0.05, 0) is 13.2 Å². The van der Waals surface area contributed by atoms with Crippen molar-refractivity contribution < 1.29 is 9.84 Å². The molecule has 0 saturated carbocycles. The molecular weight excluding hydrogens is 266 g/mol. The highest BCUT2D eigenvalue weighted by molar-refractivity contribution is 7.99. The third-order valence-electron chi connectivity index (χ3n) is 2.61. The van der Waals surface area contributed by atoms with Gasteiger partial charge in [-0.15, -0.1) is 0 Å². The predicted molar refractivity (Wildman–Crippen MR) is 78.0 cm³/mol. The molecule has 0 aliphatic carbocycles. The Morgan fingerprint density at radius 1 is 1.47 bits per heavy atom. The molecule has 108 valence electrons. The summed E-state index contributed by atoms with van der Waals surface area (Å²) < 4.78 is 5.01. The van der Waals surface area contributed by atoms with Gasteiger partial charge in [0.05, 0.1) is 6.61 Å². The molecule has 5 N–H and O–H groups in total. The fourth-order valence-corrected chi connectivity index (χ4v) is 2.23. The number of methoxy groups -OCH3 is 1. The number of hydrogen-bond acceptors (Lipinski definition) is 8. The first-order valence-corrected chi connectivity index (χ1v) is 7.17. The molecule has 0 radical (unpaired) electrons.